The summed E-state index contributed by atoms with van der Waals surface area (Å²) in [4.78, 5) is 0. The van der Waals surface area contributed by atoms with E-state index in [-0.39, 0.29) is 0 Å². The van der Waals surface area contributed by atoms with E-state index in [1.807, 2.05) is 0 Å². The molecule has 1 aromatic carbocycles. The molecule has 1 aromatic rings. The van der Waals surface area contributed by atoms with Crippen LogP contribution in [0.5, 0.6) is 0 Å². The van der Waals surface area contributed by atoms with Crippen LogP contribution in [0.1, 0.15) is 39.7 Å². The highest BCUT2D eigenvalue weighted by Gasteiger charge is 2.31. The first-order chi connectivity index (χ1) is 8.71. The topological polar surface area (TPSA) is 9.23 Å². The third-order valence-corrected chi connectivity index (χ3v) is 8.23. The Morgan fingerprint density at radius 3 is 2.00 bits per heavy atom. The minimum atomic E-state index is -1.57. The maximum Gasteiger partial charge on any atom is 0.250 e. The number of rotatable bonds is 7. The van der Waals surface area contributed by atoms with E-state index in [1.54, 1.807) is 0 Å². The molecule has 2 heteroatoms. The molecule has 0 aliphatic heterocycles. The molecule has 0 radical (unpaired) electrons. The molecule has 0 unspecified atom stereocenters. The summed E-state index contributed by atoms with van der Waals surface area (Å²) >= 11 is 0. The Morgan fingerprint density at radius 2 is 1.56 bits per heavy atom. The molecule has 100 valence electrons. The van der Waals surface area contributed by atoms with E-state index < -0.39 is 8.32 Å². The molecule has 0 N–H and O–H groups in total. The molecule has 0 atom stereocenters. The summed E-state index contributed by atoms with van der Waals surface area (Å²) in [5.41, 5.74) is 1.21. The largest absolute Gasteiger partial charge is 0.543 e. The van der Waals surface area contributed by atoms with Crippen molar-refractivity contribution in [2.45, 2.75) is 52.2 Å². The molecule has 0 aliphatic rings. The molecule has 0 amide bonds. The van der Waals surface area contributed by atoms with Crippen LogP contribution in [0.2, 0.25) is 18.1 Å². The zero-order valence-corrected chi connectivity index (χ0v) is 13.2. The van der Waals surface area contributed by atoms with Crippen molar-refractivity contribution < 1.29 is 4.43 Å². The summed E-state index contributed by atoms with van der Waals surface area (Å²) in [6, 6.07) is 14.1. The van der Waals surface area contributed by atoms with Crippen molar-refractivity contribution in [1.82, 2.24) is 0 Å². The predicted octanol–water partition coefficient (Wildman–Crippen LogP) is 5.46. The van der Waals surface area contributed by atoms with Gasteiger partial charge in [0.25, 0.3) is 0 Å². The average molecular weight is 262 g/mol. The molecule has 0 aliphatic carbocycles. The van der Waals surface area contributed by atoms with Gasteiger partial charge in [-0.2, -0.15) is 0 Å². The van der Waals surface area contributed by atoms with Gasteiger partial charge >= 0.3 is 0 Å². The molecular formula is C16H26OSi. The molecule has 0 fully saturated rings. The van der Waals surface area contributed by atoms with Crippen LogP contribution in [-0.2, 0) is 4.43 Å². The van der Waals surface area contributed by atoms with Gasteiger partial charge < -0.3 is 4.43 Å². The highest BCUT2D eigenvalue weighted by molar-refractivity contribution is 6.74. The highest BCUT2D eigenvalue weighted by Crippen LogP contribution is 2.29. The molecule has 18 heavy (non-hydrogen) atoms. The summed E-state index contributed by atoms with van der Waals surface area (Å²) in [5.74, 6) is 1.09. The van der Waals surface area contributed by atoms with Crippen LogP contribution in [0.25, 0.3) is 5.76 Å². The minimum absolute atomic E-state index is 1.02. The Kier molecular flexibility index (Phi) is 6.20. The fourth-order valence-electron chi connectivity index (χ4n) is 2.21. The van der Waals surface area contributed by atoms with Crippen molar-refractivity contribution in [3.8, 4) is 0 Å². The lowest BCUT2D eigenvalue weighted by molar-refractivity contribution is 0.489. The van der Waals surface area contributed by atoms with Gasteiger partial charge in [-0.25, -0.2) is 0 Å². The Bertz CT molecular complexity index is 358. The van der Waals surface area contributed by atoms with Crippen molar-refractivity contribution in [1.29, 1.82) is 0 Å². The maximum atomic E-state index is 6.51. The Hall–Kier alpha value is -1.02. The Morgan fingerprint density at radius 1 is 1.00 bits per heavy atom. The van der Waals surface area contributed by atoms with Gasteiger partial charge in [-0.05, 0) is 30.6 Å². The first-order valence-corrected chi connectivity index (χ1v) is 9.68. The summed E-state index contributed by atoms with van der Waals surface area (Å²) < 4.78 is 6.51. The quantitative estimate of drug-likeness (QED) is 0.468. The zero-order chi connectivity index (χ0) is 13.4. The molecule has 0 spiro atoms. The van der Waals surface area contributed by atoms with Gasteiger partial charge in [-0.15, -0.1) is 0 Å². The molecule has 0 heterocycles. The van der Waals surface area contributed by atoms with Gasteiger partial charge in [0.15, 0.2) is 0 Å². The summed E-state index contributed by atoms with van der Waals surface area (Å²) in [5, 5.41) is 0. The van der Waals surface area contributed by atoms with Gasteiger partial charge in [0.2, 0.25) is 8.32 Å². The molecule has 0 bridgehead atoms. The Balaban J connectivity index is 2.98. The third-order valence-electron chi connectivity index (χ3n) is 3.71. The van der Waals surface area contributed by atoms with Crippen molar-refractivity contribution in [2.24, 2.45) is 0 Å². The zero-order valence-electron chi connectivity index (χ0n) is 12.2. The van der Waals surface area contributed by atoms with Gasteiger partial charge in [-0.3, -0.25) is 0 Å². The van der Waals surface area contributed by atoms with Crippen LogP contribution in [0.15, 0.2) is 36.4 Å². The third kappa shape index (κ3) is 3.74. The number of benzene rings is 1. The molecule has 0 saturated carbocycles. The second kappa shape index (κ2) is 7.42. The van der Waals surface area contributed by atoms with Gasteiger partial charge in [0.1, 0.15) is 5.76 Å². The van der Waals surface area contributed by atoms with E-state index in [0.717, 1.165) is 12.2 Å². The normalized spacial score (nSPS) is 12.6. The van der Waals surface area contributed by atoms with Gasteiger partial charge in [0.05, 0.1) is 0 Å². The van der Waals surface area contributed by atoms with Gasteiger partial charge in [0, 0.05) is 5.56 Å². The minimum Gasteiger partial charge on any atom is -0.543 e. The fraction of sp³-hybridized carbons (Fsp3) is 0.500. The molecule has 1 rings (SSSR count). The summed E-state index contributed by atoms with van der Waals surface area (Å²) in [6.07, 6.45) is 3.24. The van der Waals surface area contributed by atoms with E-state index in [2.05, 4.69) is 64.1 Å². The second-order valence-corrected chi connectivity index (χ2v) is 9.38. The molecular weight excluding hydrogens is 236 g/mol. The SMILES string of the molecule is CCC=C(O[Si](CC)(CC)CC)c1ccccc1. The van der Waals surface area contributed by atoms with Crippen molar-refractivity contribution in [2.75, 3.05) is 0 Å². The van der Waals surface area contributed by atoms with E-state index in [1.165, 1.54) is 23.7 Å². The summed E-state index contributed by atoms with van der Waals surface area (Å²) in [7, 11) is -1.57. The van der Waals surface area contributed by atoms with E-state index in [4.69, 9.17) is 4.43 Å². The van der Waals surface area contributed by atoms with Crippen molar-refractivity contribution >= 4 is 14.1 Å². The Labute approximate surface area is 113 Å². The van der Waals surface area contributed by atoms with Crippen LogP contribution < -0.4 is 0 Å². The van der Waals surface area contributed by atoms with E-state index >= 15 is 0 Å². The van der Waals surface area contributed by atoms with Crippen molar-refractivity contribution in [3.63, 3.8) is 0 Å². The van der Waals surface area contributed by atoms with Crippen molar-refractivity contribution in [3.05, 3.63) is 42.0 Å². The van der Waals surface area contributed by atoms with Gasteiger partial charge in [-0.1, -0.05) is 58.0 Å². The number of allylic oxidation sites excluding steroid dienone is 1. The molecule has 0 aromatic heterocycles. The number of hydrogen-bond acceptors (Lipinski definition) is 1. The van der Waals surface area contributed by atoms with Crippen LogP contribution in [0, 0.1) is 0 Å². The first kappa shape index (κ1) is 15.0. The molecule has 1 nitrogen and oxygen atoms in total. The standard InChI is InChI=1S/C16H26OSi/c1-5-12-16(15-13-10-9-11-14-15)17-18(6-2,7-3)8-4/h9-14H,5-8H2,1-4H3. The van der Waals surface area contributed by atoms with E-state index in [9.17, 15) is 0 Å². The first-order valence-electron chi connectivity index (χ1n) is 7.15. The van der Waals surface area contributed by atoms with Crippen LogP contribution in [0.3, 0.4) is 0 Å². The highest BCUT2D eigenvalue weighted by atomic mass is 28.4. The van der Waals surface area contributed by atoms with Crippen LogP contribution in [0.4, 0.5) is 0 Å². The average Bonchev–Trinajstić information content (AvgIpc) is 2.45. The number of hydrogen-bond donors (Lipinski definition) is 0. The molecule has 0 saturated heterocycles. The lowest BCUT2D eigenvalue weighted by Crippen LogP contribution is -2.35. The maximum absolute atomic E-state index is 6.51. The predicted molar refractivity (Wildman–Crippen MR) is 83.0 cm³/mol. The van der Waals surface area contributed by atoms with E-state index in [0.29, 0.717) is 0 Å². The van der Waals surface area contributed by atoms with Crippen LogP contribution >= 0.6 is 0 Å². The second-order valence-electron chi connectivity index (χ2n) is 4.69. The smallest absolute Gasteiger partial charge is 0.250 e. The monoisotopic (exact) mass is 262 g/mol. The summed E-state index contributed by atoms with van der Waals surface area (Å²) in [6.45, 7) is 8.98. The lowest BCUT2D eigenvalue weighted by atomic mass is 10.2. The van der Waals surface area contributed by atoms with Crippen LogP contribution in [-0.4, -0.2) is 8.32 Å². The fourth-order valence-corrected chi connectivity index (χ4v) is 4.81. The lowest BCUT2D eigenvalue weighted by Gasteiger charge is -2.30.